The van der Waals surface area contributed by atoms with Crippen molar-refractivity contribution in [3.05, 3.63) is 34.9 Å². The van der Waals surface area contributed by atoms with Crippen LogP contribution >= 0.6 is 11.6 Å². The molecular weight excluding hydrogens is 352 g/mol. The number of carbonyl (C=O) groups excluding carboxylic acids is 2. The van der Waals surface area contributed by atoms with E-state index < -0.39 is 0 Å². The number of amides is 2. The van der Waals surface area contributed by atoms with Gasteiger partial charge in [-0.1, -0.05) is 23.7 Å². The van der Waals surface area contributed by atoms with Crippen molar-refractivity contribution in [1.29, 1.82) is 0 Å². The molecule has 0 radical (unpaired) electrons. The summed E-state index contributed by atoms with van der Waals surface area (Å²) in [6, 6.07) is 8.36. The molecule has 142 valence electrons. The van der Waals surface area contributed by atoms with Gasteiger partial charge in [-0.3, -0.25) is 9.59 Å². The maximum absolute atomic E-state index is 12.5. The molecule has 3 N–H and O–H groups in total. The van der Waals surface area contributed by atoms with Crippen LogP contribution in [-0.2, 0) is 16.1 Å². The van der Waals surface area contributed by atoms with Crippen molar-refractivity contribution in [2.75, 3.05) is 46.3 Å². The fourth-order valence-corrected chi connectivity index (χ4v) is 3.48. The maximum Gasteiger partial charge on any atom is 0.278 e. The van der Waals surface area contributed by atoms with Crippen LogP contribution in [0.25, 0.3) is 0 Å². The van der Waals surface area contributed by atoms with Gasteiger partial charge in [0.15, 0.2) is 13.1 Å². The number of hydrogen-bond donors (Lipinski definition) is 3. The van der Waals surface area contributed by atoms with E-state index in [4.69, 9.17) is 11.6 Å². The molecular formula is C19H29ClN4O2+2. The molecule has 1 aromatic carbocycles. The lowest BCUT2D eigenvalue weighted by Crippen LogP contribution is -3.14. The smallest absolute Gasteiger partial charge is 0.278 e. The van der Waals surface area contributed by atoms with E-state index in [1.54, 1.807) is 0 Å². The van der Waals surface area contributed by atoms with Gasteiger partial charge in [0.25, 0.3) is 11.8 Å². The second-order valence-electron chi connectivity index (χ2n) is 7.59. The molecule has 0 spiro atoms. The molecule has 1 atom stereocenters. The Hall–Kier alpha value is -1.63. The monoisotopic (exact) mass is 380 g/mol. The Morgan fingerprint density at radius 1 is 1.19 bits per heavy atom. The van der Waals surface area contributed by atoms with E-state index in [2.05, 4.69) is 17.4 Å². The van der Waals surface area contributed by atoms with Crippen molar-refractivity contribution >= 4 is 23.4 Å². The minimum atomic E-state index is 0.0510. The van der Waals surface area contributed by atoms with E-state index in [1.807, 2.05) is 24.1 Å². The molecule has 1 saturated heterocycles. The molecule has 7 heteroatoms. The zero-order valence-corrected chi connectivity index (χ0v) is 16.1. The highest BCUT2D eigenvalue weighted by atomic mass is 35.5. The molecule has 0 aromatic heterocycles. The van der Waals surface area contributed by atoms with Crippen LogP contribution in [0.3, 0.4) is 0 Å². The minimum Gasteiger partial charge on any atom is -0.348 e. The average Bonchev–Trinajstić information content (AvgIpc) is 3.41. The normalized spacial score (nSPS) is 19.2. The Labute approximate surface area is 160 Å². The zero-order chi connectivity index (χ0) is 18.5. The van der Waals surface area contributed by atoms with Crippen LogP contribution in [-0.4, -0.2) is 69.1 Å². The average molecular weight is 381 g/mol. The first-order valence-corrected chi connectivity index (χ1v) is 9.84. The van der Waals surface area contributed by atoms with Gasteiger partial charge in [0, 0.05) is 16.6 Å². The van der Waals surface area contributed by atoms with Crippen molar-refractivity contribution in [1.82, 2.24) is 10.2 Å². The summed E-state index contributed by atoms with van der Waals surface area (Å²) in [6.45, 7) is 5.18. The summed E-state index contributed by atoms with van der Waals surface area (Å²) in [5.41, 5.74) is 1.27. The number of piperazine rings is 1. The lowest BCUT2D eigenvalue weighted by atomic mass is 10.2. The molecule has 0 bridgehead atoms. The van der Waals surface area contributed by atoms with Crippen LogP contribution in [0.1, 0.15) is 18.4 Å². The molecule has 1 saturated carbocycles. The topological polar surface area (TPSA) is 58.3 Å². The van der Waals surface area contributed by atoms with Crippen molar-refractivity contribution < 1.29 is 19.4 Å². The van der Waals surface area contributed by atoms with Crippen LogP contribution in [0.15, 0.2) is 24.3 Å². The van der Waals surface area contributed by atoms with Crippen molar-refractivity contribution in [2.24, 2.45) is 0 Å². The molecule has 1 aliphatic heterocycles. The van der Waals surface area contributed by atoms with E-state index in [0.717, 1.165) is 55.5 Å². The molecule has 6 nitrogen and oxygen atoms in total. The van der Waals surface area contributed by atoms with Crippen molar-refractivity contribution in [3.8, 4) is 0 Å². The van der Waals surface area contributed by atoms with Gasteiger partial charge in [-0.2, -0.15) is 0 Å². The van der Waals surface area contributed by atoms with E-state index in [0.29, 0.717) is 19.1 Å². The van der Waals surface area contributed by atoms with Crippen LogP contribution < -0.4 is 15.1 Å². The summed E-state index contributed by atoms with van der Waals surface area (Å²) in [5, 5.41) is 3.73. The summed E-state index contributed by atoms with van der Waals surface area (Å²) < 4.78 is 0. The fraction of sp³-hybridized carbons (Fsp3) is 0.579. The SMILES string of the molecule is C[NH+](CC(=O)NC1CC1)CC(=O)N1CC[NH+](Cc2ccc(Cl)cc2)CC1. The first kappa shape index (κ1) is 19.1. The number of likely N-dealkylation sites (N-methyl/N-ethyl adjacent to an activating group) is 1. The van der Waals surface area contributed by atoms with Crippen molar-refractivity contribution in [3.63, 3.8) is 0 Å². The van der Waals surface area contributed by atoms with Crippen LogP contribution in [0, 0.1) is 0 Å². The zero-order valence-electron chi connectivity index (χ0n) is 15.4. The summed E-state index contributed by atoms with van der Waals surface area (Å²) >= 11 is 5.93. The van der Waals surface area contributed by atoms with Gasteiger partial charge in [-0.15, -0.1) is 0 Å². The highest BCUT2D eigenvalue weighted by Gasteiger charge is 2.27. The predicted molar refractivity (Wildman–Crippen MR) is 100 cm³/mol. The van der Waals surface area contributed by atoms with Gasteiger partial charge < -0.3 is 20.0 Å². The van der Waals surface area contributed by atoms with Gasteiger partial charge in [0.05, 0.1) is 33.2 Å². The third kappa shape index (κ3) is 5.97. The number of nitrogens with zero attached hydrogens (tertiary/aromatic N) is 1. The lowest BCUT2D eigenvalue weighted by Gasteiger charge is -2.32. The molecule has 2 fully saturated rings. The van der Waals surface area contributed by atoms with Gasteiger partial charge in [0.2, 0.25) is 0 Å². The summed E-state index contributed by atoms with van der Waals surface area (Å²) in [4.78, 5) is 28.7. The third-order valence-electron chi connectivity index (χ3n) is 5.05. The number of hydrogen-bond acceptors (Lipinski definition) is 2. The molecule has 1 unspecified atom stereocenters. The second-order valence-corrected chi connectivity index (χ2v) is 8.02. The highest BCUT2D eigenvalue weighted by Crippen LogP contribution is 2.17. The van der Waals surface area contributed by atoms with Gasteiger partial charge in [0.1, 0.15) is 6.54 Å². The number of nitrogens with one attached hydrogen (secondary N) is 3. The van der Waals surface area contributed by atoms with Gasteiger partial charge in [-0.25, -0.2) is 0 Å². The van der Waals surface area contributed by atoms with E-state index in [1.165, 1.54) is 10.5 Å². The highest BCUT2D eigenvalue weighted by molar-refractivity contribution is 6.30. The van der Waals surface area contributed by atoms with E-state index in [9.17, 15) is 9.59 Å². The molecule has 1 aliphatic carbocycles. The van der Waals surface area contributed by atoms with E-state index in [-0.39, 0.29) is 11.8 Å². The minimum absolute atomic E-state index is 0.0510. The third-order valence-corrected chi connectivity index (χ3v) is 5.30. The molecule has 1 heterocycles. The van der Waals surface area contributed by atoms with Crippen LogP contribution in [0.4, 0.5) is 0 Å². The first-order valence-electron chi connectivity index (χ1n) is 9.46. The Morgan fingerprint density at radius 3 is 2.46 bits per heavy atom. The number of carbonyl (C=O) groups is 2. The Kier molecular flexibility index (Phi) is 6.51. The van der Waals surface area contributed by atoms with Crippen LogP contribution in [0.5, 0.6) is 0 Å². The Morgan fingerprint density at radius 2 is 1.85 bits per heavy atom. The standard InChI is InChI=1S/C19H27ClN4O2/c1-22(13-18(25)21-17-6-7-17)14-19(26)24-10-8-23(9-11-24)12-15-2-4-16(20)5-3-15/h2-5,17H,6-14H2,1H3,(H,21,25)/p+2. The molecule has 1 aromatic rings. The summed E-state index contributed by atoms with van der Waals surface area (Å²) in [6.07, 6.45) is 2.18. The second kappa shape index (κ2) is 8.84. The fourth-order valence-electron chi connectivity index (χ4n) is 3.35. The maximum atomic E-state index is 12.5. The lowest BCUT2D eigenvalue weighted by molar-refractivity contribution is -0.917. The molecule has 26 heavy (non-hydrogen) atoms. The summed E-state index contributed by atoms with van der Waals surface area (Å²) in [7, 11) is 1.91. The van der Waals surface area contributed by atoms with Gasteiger partial charge >= 0.3 is 0 Å². The molecule has 2 amide bonds. The Balaban J connectivity index is 1.37. The van der Waals surface area contributed by atoms with E-state index >= 15 is 0 Å². The molecule has 3 rings (SSSR count). The first-order chi connectivity index (χ1) is 12.5. The molecule has 2 aliphatic rings. The number of benzene rings is 1. The number of quaternary nitrogens is 2. The predicted octanol–water partition coefficient (Wildman–Crippen LogP) is -1.64. The Bertz CT molecular complexity index is 625. The number of rotatable bonds is 7. The summed E-state index contributed by atoms with van der Waals surface area (Å²) in [5.74, 6) is 0.197. The van der Waals surface area contributed by atoms with Crippen molar-refractivity contribution in [2.45, 2.75) is 25.4 Å². The van der Waals surface area contributed by atoms with Crippen LogP contribution in [0.2, 0.25) is 5.02 Å². The quantitative estimate of drug-likeness (QED) is 0.531. The van der Waals surface area contributed by atoms with Gasteiger partial charge in [-0.05, 0) is 25.0 Å². The largest absolute Gasteiger partial charge is 0.348 e. The number of halogens is 1.